The van der Waals surface area contributed by atoms with Crippen LogP contribution in [0.15, 0.2) is 29.4 Å². The number of hydrogen-bond acceptors (Lipinski definition) is 4. The third-order valence-electron chi connectivity index (χ3n) is 2.97. The van der Waals surface area contributed by atoms with Gasteiger partial charge in [0.25, 0.3) is 0 Å². The maximum atomic E-state index is 10.1. The molecule has 2 rings (SSSR count). The van der Waals surface area contributed by atoms with Crippen molar-refractivity contribution < 1.29 is 5.11 Å². The third-order valence-corrected chi connectivity index (χ3v) is 2.97. The van der Waals surface area contributed by atoms with Gasteiger partial charge in [-0.05, 0) is 51.0 Å². The van der Waals surface area contributed by atoms with Gasteiger partial charge in [-0.15, -0.1) is 12.8 Å². The van der Waals surface area contributed by atoms with E-state index in [1.54, 1.807) is 5.12 Å². The van der Waals surface area contributed by atoms with Gasteiger partial charge in [-0.3, -0.25) is 0 Å². The van der Waals surface area contributed by atoms with Gasteiger partial charge >= 0.3 is 0 Å². The number of hydrazine groups is 1. The van der Waals surface area contributed by atoms with Crippen LogP contribution in [0, 0.1) is 26.7 Å². The van der Waals surface area contributed by atoms with Crippen LogP contribution in [0.3, 0.4) is 0 Å². The number of aromatic hydroxyl groups is 1. The fourth-order valence-electron chi connectivity index (χ4n) is 2.05. The smallest absolute Gasteiger partial charge is 0.145 e. The number of aryl methyl sites for hydroxylation is 2. The molecule has 1 atom stereocenters. The van der Waals surface area contributed by atoms with Gasteiger partial charge in [0.1, 0.15) is 11.4 Å². The van der Waals surface area contributed by atoms with Gasteiger partial charge < -0.3 is 5.11 Å². The molecular weight excluding hydrogens is 274 g/mol. The van der Waals surface area contributed by atoms with Crippen molar-refractivity contribution in [1.82, 2.24) is 5.43 Å². The summed E-state index contributed by atoms with van der Waals surface area (Å²) in [6, 6.07) is 4.01. The maximum Gasteiger partial charge on any atom is 0.145 e. The molecule has 0 aromatic heterocycles. The van der Waals surface area contributed by atoms with E-state index in [0.717, 1.165) is 16.8 Å². The van der Waals surface area contributed by atoms with E-state index >= 15 is 0 Å². The molecule has 0 aliphatic carbocycles. The number of allylic oxidation sites excluding steroid dienone is 1. The summed E-state index contributed by atoms with van der Waals surface area (Å²) in [5, 5.41) is 16.2. The second kappa shape index (κ2) is 9.64. The molecule has 0 spiro atoms. The van der Waals surface area contributed by atoms with Gasteiger partial charge in [-0.25, -0.2) is 5.43 Å². The first-order chi connectivity index (χ1) is 10.5. The zero-order valence-electron chi connectivity index (χ0n) is 14.4. The molecule has 1 aliphatic rings. The van der Waals surface area contributed by atoms with E-state index in [1.807, 2.05) is 65.8 Å². The molecule has 0 fully saturated rings. The lowest BCUT2D eigenvalue weighted by molar-refractivity contribution is 0.467. The molecule has 22 heavy (non-hydrogen) atoms. The van der Waals surface area contributed by atoms with Crippen LogP contribution in [0.2, 0.25) is 0 Å². The molecule has 120 valence electrons. The van der Waals surface area contributed by atoms with Crippen LogP contribution < -0.4 is 10.5 Å². The Balaban J connectivity index is 0.00000102. The average Bonchev–Trinajstić information content (AvgIpc) is 2.88. The lowest BCUT2D eigenvalue weighted by Crippen LogP contribution is -2.35. The molecule has 0 saturated heterocycles. The number of benzene rings is 1. The van der Waals surface area contributed by atoms with E-state index in [2.05, 4.69) is 23.4 Å². The van der Waals surface area contributed by atoms with Crippen molar-refractivity contribution in [2.45, 2.75) is 47.6 Å². The normalized spacial score (nSPS) is 16.5. The molecule has 1 heterocycles. The lowest BCUT2D eigenvalue weighted by atomic mass is 10.1. The second-order valence-corrected chi connectivity index (χ2v) is 4.64. The fourth-order valence-corrected chi connectivity index (χ4v) is 2.05. The maximum absolute atomic E-state index is 10.1. The van der Waals surface area contributed by atoms with Crippen LogP contribution in [0.1, 0.15) is 38.8 Å². The minimum absolute atomic E-state index is 0.140. The summed E-state index contributed by atoms with van der Waals surface area (Å²) in [4.78, 5) is 0. The number of phenols is 1. The first-order valence-electron chi connectivity index (χ1n) is 7.44. The molecule has 0 amide bonds. The highest BCUT2D eigenvalue weighted by molar-refractivity contribution is 6.01. The lowest BCUT2D eigenvalue weighted by Gasteiger charge is -2.18. The van der Waals surface area contributed by atoms with Gasteiger partial charge in [0.2, 0.25) is 0 Å². The van der Waals surface area contributed by atoms with E-state index in [-0.39, 0.29) is 11.8 Å². The molecule has 0 saturated carbocycles. The van der Waals surface area contributed by atoms with Crippen molar-refractivity contribution in [2.75, 3.05) is 5.12 Å². The van der Waals surface area contributed by atoms with Crippen molar-refractivity contribution in [3.8, 4) is 18.6 Å². The molecule has 0 bridgehead atoms. The van der Waals surface area contributed by atoms with Crippen LogP contribution in [0.5, 0.6) is 5.75 Å². The number of terminal acetylenes is 1. The van der Waals surface area contributed by atoms with Crippen molar-refractivity contribution in [1.29, 1.82) is 0 Å². The molecule has 4 nitrogen and oxygen atoms in total. The Morgan fingerprint density at radius 2 is 1.86 bits per heavy atom. The van der Waals surface area contributed by atoms with Crippen molar-refractivity contribution in [2.24, 2.45) is 5.10 Å². The largest absolute Gasteiger partial charge is 0.505 e. The van der Waals surface area contributed by atoms with Gasteiger partial charge in [0, 0.05) is 0 Å². The van der Waals surface area contributed by atoms with Gasteiger partial charge in [-0.1, -0.05) is 26.0 Å². The Morgan fingerprint density at radius 3 is 2.41 bits per heavy atom. The van der Waals surface area contributed by atoms with E-state index in [4.69, 9.17) is 0 Å². The van der Waals surface area contributed by atoms with Crippen LogP contribution in [0.4, 0.5) is 5.69 Å². The van der Waals surface area contributed by atoms with Crippen LogP contribution in [0.25, 0.3) is 0 Å². The SMILES string of the molecule is C#C.C/C=C\C1=NN(c2cc(C)cc(C)c2O)NC1C.CC. The monoisotopic (exact) mass is 301 g/mol. The van der Waals surface area contributed by atoms with Gasteiger partial charge in [0.15, 0.2) is 0 Å². The van der Waals surface area contributed by atoms with Crippen molar-refractivity contribution in [3.05, 3.63) is 35.4 Å². The summed E-state index contributed by atoms with van der Waals surface area (Å²) >= 11 is 0. The number of nitrogens with one attached hydrogen (secondary N) is 1. The number of anilines is 1. The molecule has 2 N–H and O–H groups in total. The molecule has 4 heteroatoms. The first-order valence-corrected chi connectivity index (χ1v) is 7.44. The number of hydrogen-bond donors (Lipinski definition) is 2. The summed E-state index contributed by atoms with van der Waals surface area (Å²) in [5.74, 6) is 0.269. The van der Waals surface area contributed by atoms with Gasteiger partial charge in [0.05, 0.1) is 11.8 Å². The molecule has 1 unspecified atom stereocenters. The summed E-state index contributed by atoms with van der Waals surface area (Å²) in [7, 11) is 0. The molecule has 1 aromatic carbocycles. The summed E-state index contributed by atoms with van der Waals surface area (Å²) in [5.41, 5.74) is 6.82. The Morgan fingerprint density at radius 1 is 1.27 bits per heavy atom. The molecule has 0 radical (unpaired) electrons. The Kier molecular flexibility index (Phi) is 8.66. The third kappa shape index (κ3) is 4.64. The molecule has 1 aromatic rings. The van der Waals surface area contributed by atoms with Crippen LogP contribution in [-0.2, 0) is 0 Å². The number of rotatable bonds is 2. The topological polar surface area (TPSA) is 47.9 Å². The highest BCUT2D eigenvalue weighted by Crippen LogP contribution is 2.32. The fraction of sp³-hybridized carbons (Fsp3) is 0.389. The Hall–Kier alpha value is -2.25. The van der Waals surface area contributed by atoms with Crippen molar-refractivity contribution >= 4 is 11.4 Å². The second-order valence-electron chi connectivity index (χ2n) is 4.64. The van der Waals surface area contributed by atoms with E-state index in [9.17, 15) is 5.11 Å². The summed E-state index contributed by atoms with van der Waals surface area (Å²) in [6.07, 6.45) is 11.9. The van der Waals surface area contributed by atoms with E-state index in [0.29, 0.717) is 5.69 Å². The summed E-state index contributed by atoms with van der Waals surface area (Å²) < 4.78 is 0. The minimum atomic E-state index is 0.140. The minimum Gasteiger partial charge on any atom is -0.505 e. The predicted molar refractivity (Wildman–Crippen MR) is 96.1 cm³/mol. The van der Waals surface area contributed by atoms with Crippen LogP contribution >= 0.6 is 0 Å². The quantitative estimate of drug-likeness (QED) is 0.814. The van der Waals surface area contributed by atoms with Gasteiger partial charge in [-0.2, -0.15) is 10.2 Å². The number of hydrazone groups is 1. The highest BCUT2D eigenvalue weighted by atomic mass is 16.3. The van der Waals surface area contributed by atoms with E-state index < -0.39 is 0 Å². The zero-order valence-corrected chi connectivity index (χ0v) is 14.4. The average molecular weight is 301 g/mol. The zero-order chi connectivity index (χ0) is 17.3. The molecular formula is C18H27N3O. The number of phenolic OH excluding ortho intramolecular Hbond substituents is 1. The summed E-state index contributed by atoms with van der Waals surface area (Å²) in [6.45, 7) is 11.9. The Labute approximate surface area is 134 Å². The number of nitrogens with zero attached hydrogens (tertiary/aromatic N) is 2. The molecule has 1 aliphatic heterocycles. The first kappa shape index (κ1) is 19.8. The standard InChI is InChI=1S/C14H19N3O.C2H6.C2H2/c1-5-6-12-11(4)15-17(16-12)13-8-9(2)7-10(3)14(13)18;2*1-2/h5-8,11,15,18H,1-4H3;1-2H3;1-2H/b6-5-;;. The van der Waals surface area contributed by atoms with Crippen LogP contribution in [-0.4, -0.2) is 16.9 Å². The van der Waals surface area contributed by atoms with Crippen molar-refractivity contribution in [3.63, 3.8) is 0 Å². The Bertz CT molecular complexity index is 559. The predicted octanol–water partition coefficient (Wildman–Crippen LogP) is 3.93. The highest BCUT2D eigenvalue weighted by Gasteiger charge is 2.23. The van der Waals surface area contributed by atoms with E-state index in [1.165, 1.54) is 0 Å².